The molecular formula is C12H8BrFN4. The Morgan fingerprint density at radius 3 is 2.50 bits per heavy atom. The highest BCUT2D eigenvalue weighted by Gasteiger charge is 2.09. The van der Waals surface area contributed by atoms with Gasteiger partial charge in [0.15, 0.2) is 0 Å². The lowest BCUT2D eigenvalue weighted by atomic mass is 10.3. The van der Waals surface area contributed by atoms with Crippen LogP contribution in [0.3, 0.4) is 0 Å². The number of nitrogens with two attached hydrogens (primary N) is 1. The number of nitrogens with zero attached hydrogens (tertiary/aromatic N) is 3. The van der Waals surface area contributed by atoms with Crippen LogP contribution in [0.15, 0.2) is 40.9 Å². The molecule has 0 fully saturated rings. The van der Waals surface area contributed by atoms with E-state index >= 15 is 0 Å². The van der Waals surface area contributed by atoms with Gasteiger partial charge in [-0.15, -0.1) is 10.2 Å². The number of hydrogen-bond acceptors (Lipinski definition) is 3. The van der Waals surface area contributed by atoms with Crippen LogP contribution in [0.4, 0.5) is 10.1 Å². The highest BCUT2D eigenvalue weighted by atomic mass is 79.9. The summed E-state index contributed by atoms with van der Waals surface area (Å²) in [7, 11) is 0. The molecule has 90 valence electrons. The van der Waals surface area contributed by atoms with Gasteiger partial charge < -0.3 is 5.73 Å². The molecule has 0 aliphatic rings. The van der Waals surface area contributed by atoms with Crippen LogP contribution in [0.5, 0.6) is 0 Å². The predicted octanol–water partition coefficient (Wildman–Crippen LogP) is 2.90. The van der Waals surface area contributed by atoms with Crippen LogP contribution in [0, 0.1) is 5.82 Å². The summed E-state index contributed by atoms with van der Waals surface area (Å²) in [6, 6.07) is 9.52. The van der Waals surface area contributed by atoms with Gasteiger partial charge in [0, 0.05) is 5.69 Å². The Balaban J connectivity index is 2.19. The molecule has 0 bridgehead atoms. The van der Waals surface area contributed by atoms with Gasteiger partial charge in [-0.1, -0.05) is 0 Å². The van der Waals surface area contributed by atoms with Crippen molar-refractivity contribution in [2.45, 2.75) is 0 Å². The number of hydrogen-bond donors (Lipinski definition) is 1. The topological polar surface area (TPSA) is 56.7 Å². The first kappa shape index (κ1) is 11.2. The fraction of sp³-hybridized carbons (Fsp3) is 0. The van der Waals surface area contributed by atoms with Crippen LogP contribution in [0.2, 0.25) is 0 Å². The summed E-state index contributed by atoms with van der Waals surface area (Å²) < 4.78 is 13.6. The maximum absolute atomic E-state index is 12.8. The average molecular weight is 307 g/mol. The zero-order valence-corrected chi connectivity index (χ0v) is 10.7. The summed E-state index contributed by atoms with van der Waals surface area (Å²) in [6.45, 7) is 0. The zero-order chi connectivity index (χ0) is 12.7. The fourth-order valence-electron chi connectivity index (χ4n) is 1.65. The first-order valence-electron chi connectivity index (χ1n) is 5.22. The molecule has 6 heteroatoms. The Kier molecular flexibility index (Phi) is 2.52. The molecule has 0 radical (unpaired) electrons. The van der Waals surface area contributed by atoms with Crippen LogP contribution in [-0.4, -0.2) is 15.0 Å². The van der Waals surface area contributed by atoms with E-state index in [9.17, 15) is 4.39 Å². The SMILES string of the molecule is Nc1ccc2nn(-c3ccc(F)cc3)nc2c1Br. The van der Waals surface area contributed by atoms with E-state index in [1.807, 2.05) is 0 Å². The minimum absolute atomic E-state index is 0.291. The van der Waals surface area contributed by atoms with Gasteiger partial charge in [0.05, 0.1) is 10.2 Å². The van der Waals surface area contributed by atoms with Crippen molar-refractivity contribution in [1.82, 2.24) is 15.0 Å². The standard InChI is InChI=1S/C12H8BrFN4/c13-11-9(15)5-6-10-12(11)17-18(16-10)8-3-1-7(14)2-4-8/h1-6H,15H2. The Labute approximate surface area is 110 Å². The van der Waals surface area contributed by atoms with Crippen molar-refractivity contribution in [3.8, 4) is 5.69 Å². The largest absolute Gasteiger partial charge is 0.398 e. The van der Waals surface area contributed by atoms with E-state index in [1.54, 1.807) is 24.3 Å². The molecule has 18 heavy (non-hydrogen) atoms. The van der Waals surface area contributed by atoms with E-state index < -0.39 is 0 Å². The van der Waals surface area contributed by atoms with Gasteiger partial charge in [0.1, 0.15) is 16.9 Å². The van der Waals surface area contributed by atoms with Gasteiger partial charge in [-0.3, -0.25) is 0 Å². The Hall–Kier alpha value is -1.95. The minimum Gasteiger partial charge on any atom is -0.398 e. The van der Waals surface area contributed by atoms with Gasteiger partial charge in [-0.2, -0.15) is 4.80 Å². The Bertz CT molecular complexity index is 721. The van der Waals surface area contributed by atoms with E-state index in [2.05, 4.69) is 26.1 Å². The highest BCUT2D eigenvalue weighted by Crippen LogP contribution is 2.27. The van der Waals surface area contributed by atoms with Crippen molar-refractivity contribution in [1.29, 1.82) is 0 Å². The van der Waals surface area contributed by atoms with Gasteiger partial charge >= 0.3 is 0 Å². The summed E-state index contributed by atoms with van der Waals surface area (Å²) in [4.78, 5) is 1.45. The number of aromatic nitrogens is 3. The third-order valence-corrected chi connectivity index (χ3v) is 3.41. The summed E-state index contributed by atoms with van der Waals surface area (Å²) in [5.41, 5.74) is 8.48. The molecule has 2 N–H and O–H groups in total. The molecule has 0 unspecified atom stereocenters. The maximum Gasteiger partial charge on any atom is 0.129 e. The number of anilines is 1. The lowest BCUT2D eigenvalue weighted by Crippen LogP contribution is -1.98. The molecule has 0 aliphatic carbocycles. The predicted molar refractivity (Wildman–Crippen MR) is 70.9 cm³/mol. The Morgan fingerprint density at radius 2 is 1.78 bits per heavy atom. The fourth-order valence-corrected chi connectivity index (χ4v) is 2.07. The summed E-state index contributed by atoms with van der Waals surface area (Å²) in [5, 5.41) is 8.64. The second-order valence-electron chi connectivity index (χ2n) is 3.80. The molecule has 0 spiro atoms. The quantitative estimate of drug-likeness (QED) is 0.703. The average Bonchev–Trinajstić information content (AvgIpc) is 2.80. The number of halogens is 2. The third kappa shape index (κ3) is 1.74. The molecular weight excluding hydrogens is 299 g/mol. The second-order valence-corrected chi connectivity index (χ2v) is 4.60. The molecule has 0 saturated heterocycles. The van der Waals surface area contributed by atoms with E-state index in [0.29, 0.717) is 21.4 Å². The molecule has 2 aromatic carbocycles. The minimum atomic E-state index is -0.291. The monoisotopic (exact) mass is 306 g/mol. The molecule has 3 aromatic rings. The summed E-state index contributed by atoms with van der Waals surface area (Å²) >= 11 is 3.38. The van der Waals surface area contributed by atoms with Crippen LogP contribution < -0.4 is 5.73 Å². The van der Waals surface area contributed by atoms with Crippen molar-refractivity contribution in [3.63, 3.8) is 0 Å². The first-order valence-corrected chi connectivity index (χ1v) is 6.01. The van der Waals surface area contributed by atoms with E-state index in [1.165, 1.54) is 16.9 Å². The van der Waals surface area contributed by atoms with Gasteiger partial charge in [-0.05, 0) is 52.3 Å². The smallest absolute Gasteiger partial charge is 0.129 e. The van der Waals surface area contributed by atoms with Gasteiger partial charge in [0.2, 0.25) is 0 Å². The van der Waals surface area contributed by atoms with Crippen LogP contribution >= 0.6 is 15.9 Å². The van der Waals surface area contributed by atoms with Crippen molar-refractivity contribution < 1.29 is 4.39 Å². The van der Waals surface area contributed by atoms with Gasteiger partial charge in [-0.25, -0.2) is 4.39 Å². The second kappa shape index (κ2) is 4.06. The van der Waals surface area contributed by atoms with Crippen molar-refractivity contribution in [3.05, 3.63) is 46.7 Å². The number of nitrogen functional groups attached to an aromatic ring is 1. The Morgan fingerprint density at radius 1 is 1.06 bits per heavy atom. The molecule has 1 heterocycles. The van der Waals surface area contributed by atoms with Crippen LogP contribution in [0.25, 0.3) is 16.7 Å². The lowest BCUT2D eigenvalue weighted by Gasteiger charge is -1.97. The molecule has 0 atom stereocenters. The molecule has 1 aromatic heterocycles. The highest BCUT2D eigenvalue weighted by molar-refractivity contribution is 9.10. The summed E-state index contributed by atoms with van der Waals surface area (Å²) in [6.07, 6.45) is 0. The molecule has 0 aliphatic heterocycles. The normalized spacial score (nSPS) is 11.0. The molecule has 3 rings (SSSR count). The summed E-state index contributed by atoms with van der Waals surface area (Å²) in [5.74, 6) is -0.291. The molecule has 0 amide bonds. The van der Waals surface area contributed by atoms with Crippen LogP contribution in [-0.2, 0) is 0 Å². The molecule has 4 nitrogen and oxygen atoms in total. The lowest BCUT2D eigenvalue weighted by molar-refractivity contribution is 0.626. The van der Waals surface area contributed by atoms with Crippen molar-refractivity contribution >= 4 is 32.7 Å². The van der Waals surface area contributed by atoms with E-state index in [-0.39, 0.29) is 5.82 Å². The van der Waals surface area contributed by atoms with Gasteiger partial charge in [0.25, 0.3) is 0 Å². The van der Waals surface area contributed by atoms with Crippen molar-refractivity contribution in [2.24, 2.45) is 0 Å². The van der Waals surface area contributed by atoms with E-state index in [0.717, 1.165) is 5.52 Å². The maximum atomic E-state index is 12.8. The first-order chi connectivity index (χ1) is 8.65. The number of fused-ring (bicyclic) bond motifs is 1. The van der Waals surface area contributed by atoms with Crippen molar-refractivity contribution in [2.75, 3.05) is 5.73 Å². The molecule has 0 saturated carbocycles. The third-order valence-electron chi connectivity index (χ3n) is 2.58. The number of rotatable bonds is 1. The zero-order valence-electron chi connectivity index (χ0n) is 9.14. The number of benzene rings is 2. The van der Waals surface area contributed by atoms with Crippen LogP contribution in [0.1, 0.15) is 0 Å². The van der Waals surface area contributed by atoms with E-state index in [4.69, 9.17) is 5.73 Å².